The average molecular weight is 277 g/mol. The fourth-order valence-electron chi connectivity index (χ4n) is 1.66. The van der Waals surface area contributed by atoms with E-state index in [1.165, 1.54) is 0 Å². The number of anilines is 1. The molecule has 0 radical (unpaired) electrons. The first-order valence-electron chi connectivity index (χ1n) is 5.57. The summed E-state index contributed by atoms with van der Waals surface area (Å²) in [6.07, 6.45) is 1.82. The van der Waals surface area contributed by atoms with Crippen LogP contribution in [0.25, 0.3) is 0 Å². The Bertz CT molecular complexity index is 530. The van der Waals surface area contributed by atoms with Crippen molar-refractivity contribution in [2.75, 3.05) is 5.32 Å². The standard InChI is InChI=1S/C13H15N3S2/c1-13(2,12-15-7-8-18-12)16-10-5-3-9(4-6-10)11(14)17/h3-8,16H,1-2H3,(H2,14,17). The Morgan fingerprint density at radius 3 is 2.50 bits per heavy atom. The van der Waals surface area contributed by atoms with E-state index in [-0.39, 0.29) is 5.54 Å². The van der Waals surface area contributed by atoms with Crippen LogP contribution in [0.5, 0.6) is 0 Å². The number of nitrogens with two attached hydrogens (primary N) is 1. The minimum Gasteiger partial charge on any atom is -0.389 e. The van der Waals surface area contributed by atoms with Gasteiger partial charge in [-0.3, -0.25) is 0 Å². The van der Waals surface area contributed by atoms with Gasteiger partial charge in [0.1, 0.15) is 10.00 Å². The number of aromatic nitrogens is 1. The Balaban J connectivity index is 2.16. The van der Waals surface area contributed by atoms with Gasteiger partial charge in [0, 0.05) is 22.8 Å². The fraction of sp³-hybridized carbons (Fsp3) is 0.231. The van der Waals surface area contributed by atoms with Crippen LogP contribution in [0.15, 0.2) is 35.8 Å². The van der Waals surface area contributed by atoms with E-state index in [1.807, 2.05) is 35.8 Å². The minimum atomic E-state index is -0.196. The lowest BCUT2D eigenvalue weighted by atomic mass is 10.1. The molecule has 1 aromatic carbocycles. The van der Waals surface area contributed by atoms with Crippen molar-refractivity contribution < 1.29 is 0 Å². The summed E-state index contributed by atoms with van der Waals surface area (Å²) < 4.78 is 0. The number of nitrogens with zero attached hydrogens (tertiary/aromatic N) is 1. The fourth-order valence-corrected chi connectivity index (χ4v) is 2.52. The second-order valence-electron chi connectivity index (χ2n) is 4.53. The molecule has 0 bridgehead atoms. The van der Waals surface area contributed by atoms with Crippen molar-refractivity contribution in [3.05, 3.63) is 46.4 Å². The van der Waals surface area contributed by atoms with E-state index in [2.05, 4.69) is 24.1 Å². The maximum Gasteiger partial charge on any atom is 0.117 e. The molecule has 0 saturated carbocycles. The highest BCUT2D eigenvalue weighted by Crippen LogP contribution is 2.27. The van der Waals surface area contributed by atoms with Crippen molar-refractivity contribution in [3.63, 3.8) is 0 Å². The van der Waals surface area contributed by atoms with Crippen LogP contribution in [0, 0.1) is 0 Å². The Kier molecular flexibility index (Phi) is 3.63. The molecule has 0 unspecified atom stereocenters. The lowest BCUT2D eigenvalue weighted by molar-refractivity contribution is 0.604. The van der Waals surface area contributed by atoms with Crippen LogP contribution in [0.3, 0.4) is 0 Å². The van der Waals surface area contributed by atoms with E-state index in [4.69, 9.17) is 18.0 Å². The Hall–Kier alpha value is -1.46. The summed E-state index contributed by atoms with van der Waals surface area (Å²) in [6.45, 7) is 4.21. The van der Waals surface area contributed by atoms with Gasteiger partial charge in [0.05, 0.1) is 5.54 Å². The van der Waals surface area contributed by atoms with Crippen molar-refractivity contribution in [2.45, 2.75) is 19.4 Å². The highest BCUT2D eigenvalue weighted by molar-refractivity contribution is 7.80. The molecule has 2 rings (SSSR count). The van der Waals surface area contributed by atoms with Gasteiger partial charge in [-0.25, -0.2) is 4.98 Å². The largest absolute Gasteiger partial charge is 0.389 e. The Labute approximate surface area is 116 Å². The molecule has 1 heterocycles. The van der Waals surface area contributed by atoms with Crippen LogP contribution < -0.4 is 11.1 Å². The number of benzene rings is 1. The highest BCUT2D eigenvalue weighted by atomic mass is 32.1. The van der Waals surface area contributed by atoms with Gasteiger partial charge in [0.2, 0.25) is 0 Å². The Morgan fingerprint density at radius 1 is 1.33 bits per heavy atom. The summed E-state index contributed by atoms with van der Waals surface area (Å²) in [5, 5.41) is 6.49. The topological polar surface area (TPSA) is 50.9 Å². The van der Waals surface area contributed by atoms with Crippen molar-refractivity contribution in [1.82, 2.24) is 4.98 Å². The van der Waals surface area contributed by atoms with Gasteiger partial charge in [-0.1, -0.05) is 12.2 Å². The second kappa shape index (κ2) is 5.04. The number of hydrogen-bond donors (Lipinski definition) is 2. The molecule has 18 heavy (non-hydrogen) atoms. The Morgan fingerprint density at radius 2 is 2.00 bits per heavy atom. The number of thiazole rings is 1. The average Bonchev–Trinajstić information content (AvgIpc) is 2.83. The quantitative estimate of drug-likeness (QED) is 0.843. The van der Waals surface area contributed by atoms with E-state index in [1.54, 1.807) is 11.3 Å². The zero-order valence-electron chi connectivity index (χ0n) is 10.3. The maximum atomic E-state index is 5.57. The molecule has 0 fully saturated rings. The normalized spacial score (nSPS) is 11.2. The summed E-state index contributed by atoms with van der Waals surface area (Å²) in [5.74, 6) is 0. The third-order valence-electron chi connectivity index (χ3n) is 2.59. The molecule has 0 amide bonds. The molecule has 3 N–H and O–H groups in total. The zero-order chi connectivity index (χ0) is 13.2. The van der Waals surface area contributed by atoms with Crippen LogP contribution in [-0.4, -0.2) is 9.97 Å². The summed E-state index contributed by atoms with van der Waals surface area (Å²) >= 11 is 6.57. The van der Waals surface area contributed by atoms with E-state index in [0.29, 0.717) is 4.99 Å². The molecular formula is C13H15N3S2. The molecule has 2 aromatic rings. The smallest absolute Gasteiger partial charge is 0.117 e. The SMILES string of the molecule is CC(C)(Nc1ccc(C(N)=S)cc1)c1nccs1. The van der Waals surface area contributed by atoms with Crippen molar-refractivity contribution in [2.24, 2.45) is 5.73 Å². The first-order chi connectivity index (χ1) is 8.49. The third-order valence-corrected chi connectivity index (χ3v) is 3.93. The van der Waals surface area contributed by atoms with Gasteiger partial charge >= 0.3 is 0 Å². The van der Waals surface area contributed by atoms with Gasteiger partial charge in [0.15, 0.2) is 0 Å². The zero-order valence-corrected chi connectivity index (χ0v) is 11.9. The van der Waals surface area contributed by atoms with Crippen LogP contribution in [0.4, 0.5) is 5.69 Å². The maximum absolute atomic E-state index is 5.57. The lowest BCUT2D eigenvalue weighted by Crippen LogP contribution is -2.27. The summed E-state index contributed by atoms with van der Waals surface area (Å²) in [4.78, 5) is 4.76. The minimum absolute atomic E-state index is 0.196. The van der Waals surface area contributed by atoms with Crippen molar-refractivity contribution >= 4 is 34.2 Å². The first kappa shape index (κ1) is 13.0. The molecule has 0 aliphatic heterocycles. The first-order valence-corrected chi connectivity index (χ1v) is 6.86. The molecule has 94 valence electrons. The summed E-state index contributed by atoms with van der Waals surface area (Å²) in [7, 11) is 0. The molecule has 3 nitrogen and oxygen atoms in total. The number of hydrogen-bond acceptors (Lipinski definition) is 4. The number of nitrogens with one attached hydrogen (secondary N) is 1. The van der Waals surface area contributed by atoms with Crippen LogP contribution in [0.1, 0.15) is 24.4 Å². The molecule has 1 aromatic heterocycles. The molecule has 0 aliphatic carbocycles. The van der Waals surface area contributed by atoms with Crippen LogP contribution in [0.2, 0.25) is 0 Å². The molecule has 0 saturated heterocycles. The van der Waals surface area contributed by atoms with E-state index in [9.17, 15) is 0 Å². The number of thiocarbonyl (C=S) groups is 1. The second-order valence-corrected chi connectivity index (χ2v) is 5.86. The van der Waals surface area contributed by atoms with Crippen LogP contribution in [-0.2, 0) is 5.54 Å². The monoisotopic (exact) mass is 277 g/mol. The van der Waals surface area contributed by atoms with Gasteiger partial charge in [-0.2, -0.15) is 0 Å². The van der Waals surface area contributed by atoms with Gasteiger partial charge in [0.25, 0.3) is 0 Å². The predicted molar refractivity (Wildman–Crippen MR) is 81.1 cm³/mol. The molecule has 0 atom stereocenters. The lowest BCUT2D eigenvalue weighted by Gasteiger charge is -2.25. The van der Waals surface area contributed by atoms with E-state index < -0.39 is 0 Å². The van der Waals surface area contributed by atoms with Crippen molar-refractivity contribution in [3.8, 4) is 0 Å². The van der Waals surface area contributed by atoms with Gasteiger partial charge in [-0.15, -0.1) is 11.3 Å². The van der Waals surface area contributed by atoms with E-state index >= 15 is 0 Å². The summed E-state index contributed by atoms with van der Waals surface area (Å²) in [6, 6.07) is 7.79. The molecule has 0 spiro atoms. The summed E-state index contributed by atoms with van der Waals surface area (Å²) in [5.41, 5.74) is 7.28. The molecule has 0 aliphatic rings. The van der Waals surface area contributed by atoms with E-state index in [0.717, 1.165) is 16.3 Å². The predicted octanol–water partition coefficient (Wildman–Crippen LogP) is 3.12. The molecular weight excluding hydrogens is 262 g/mol. The molecule has 5 heteroatoms. The van der Waals surface area contributed by atoms with Gasteiger partial charge < -0.3 is 11.1 Å². The highest BCUT2D eigenvalue weighted by Gasteiger charge is 2.22. The third kappa shape index (κ3) is 2.86. The van der Waals surface area contributed by atoms with Gasteiger partial charge in [-0.05, 0) is 38.1 Å². The van der Waals surface area contributed by atoms with Crippen LogP contribution >= 0.6 is 23.6 Å². The number of rotatable bonds is 4. The van der Waals surface area contributed by atoms with Crippen molar-refractivity contribution in [1.29, 1.82) is 0 Å².